The van der Waals surface area contributed by atoms with Crippen LogP contribution in [0, 0.1) is 5.92 Å². The summed E-state index contributed by atoms with van der Waals surface area (Å²) in [6.45, 7) is 1.29. The van der Waals surface area contributed by atoms with E-state index in [0.29, 0.717) is 17.1 Å². The molecule has 4 heteroatoms. The SMILES string of the molecule is O=C(c1ccccc1)N1CCCC([C@H](O)c2ccccc2Cl)C1. The van der Waals surface area contributed by atoms with Gasteiger partial charge in [-0.3, -0.25) is 4.79 Å². The minimum absolute atomic E-state index is 0.0105. The van der Waals surface area contributed by atoms with Gasteiger partial charge in [-0.05, 0) is 36.6 Å². The van der Waals surface area contributed by atoms with Crippen molar-refractivity contribution in [1.29, 1.82) is 0 Å². The third-order valence-corrected chi connectivity index (χ3v) is 4.78. The number of likely N-dealkylation sites (tertiary alicyclic amines) is 1. The summed E-state index contributed by atoms with van der Waals surface area (Å²) in [4.78, 5) is 14.4. The summed E-state index contributed by atoms with van der Waals surface area (Å²) in [6, 6.07) is 16.7. The molecule has 1 aliphatic heterocycles. The lowest BCUT2D eigenvalue weighted by Gasteiger charge is -2.35. The maximum atomic E-state index is 12.6. The van der Waals surface area contributed by atoms with Crippen LogP contribution in [0.15, 0.2) is 54.6 Å². The van der Waals surface area contributed by atoms with Crippen LogP contribution < -0.4 is 0 Å². The average Bonchev–Trinajstić information content (AvgIpc) is 2.62. The number of nitrogens with zero attached hydrogens (tertiary/aromatic N) is 1. The van der Waals surface area contributed by atoms with Crippen LogP contribution in [-0.2, 0) is 0 Å². The monoisotopic (exact) mass is 329 g/mol. The van der Waals surface area contributed by atoms with Crippen LogP contribution >= 0.6 is 11.6 Å². The topological polar surface area (TPSA) is 40.5 Å². The van der Waals surface area contributed by atoms with Gasteiger partial charge >= 0.3 is 0 Å². The average molecular weight is 330 g/mol. The van der Waals surface area contributed by atoms with Crippen molar-refractivity contribution in [3.05, 3.63) is 70.7 Å². The Kier molecular flexibility index (Phi) is 4.99. The molecule has 0 saturated carbocycles. The van der Waals surface area contributed by atoms with Crippen LogP contribution in [-0.4, -0.2) is 29.0 Å². The minimum atomic E-state index is -0.643. The number of rotatable bonds is 3. The molecule has 3 nitrogen and oxygen atoms in total. The normalized spacial score (nSPS) is 19.4. The highest BCUT2D eigenvalue weighted by Crippen LogP contribution is 2.33. The zero-order chi connectivity index (χ0) is 16.2. The van der Waals surface area contributed by atoms with E-state index in [4.69, 9.17) is 11.6 Å². The first kappa shape index (κ1) is 16.0. The molecule has 120 valence electrons. The van der Waals surface area contributed by atoms with Crippen molar-refractivity contribution in [2.24, 2.45) is 5.92 Å². The fourth-order valence-electron chi connectivity index (χ4n) is 3.18. The Labute approximate surface area is 141 Å². The number of benzene rings is 2. The van der Waals surface area contributed by atoms with Crippen molar-refractivity contribution in [3.63, 3.8) is 0 Å². The summed E-state index contributed by atoms with van der Waals surface area (Å²) in [7, 11) is 0. The molecule has 1 saturated heterocycles. The van der Waals surface area contributed by atoms with E-state index < -0.39 is 6.10 Å². The standard InChI is InChI=1S/C19H20ClNO2/c20-17-11-5-4-10-16(17)18(22)15-9-6-12-21(13-15)19(23)14-7-2-1-3-8-14/h1-5,7-8,10-11,15,18,22H,6,9,12-13H2/t15?,18-/m0/s1. The van der Waals surface area contributed by atoms with Crippen molar-refractivity contribution >= 4 is 17.5 Å². The summed E-state index contributed by atoms with van der Waals surface area (Å²) in [5.41, 5.74) is 1.44. The summed E-state index contributed by atoms with van der Waals surface area (Å²) < 4.78 is 0. The second-order valence-electron chi connectivity index (χ2n) is 5.99. The van der Waals surface area contributed by atoms with E-state index in [1.54, 1.807) is 6.07 Å². The van der Waals surface area contributed by atoms with Gasteiger partial charge in [0.25, 0.3) is 5.91 Å². The highest BCUT2D eigenvalue weighted by Gasteiger charge is 2.30. The van der Waals surface area contributed by atoms with Gasteiger partial charge in [0, 0.05) is 29.6 Å². The molecule has 1 heterocycles. The molecule has 1 unspecified atom stereocenters. The first-order chi connectivity index (χ1) is 11.2. The number of hydrogen-bond donors (Lipinski definition) is 1. The smallest absolute Gasteiger partial charge is 0.253 e. The summed E-state index contributed by atoms with van der Waals surface area (Å²) in [5.74, 6) is 0.0398. The fraction of sp³-hybridized carbons (Fsp3) is 0.316. The highest BCUT2D eigenvalue weighted by atomic mass is 35.5. The quantitative estimate of drug-likeness (QED) is 0.927. The third-order valence-electron chi connectivity index (χ3n) is 4.44. The summed E-state index contributed by atoms with van der Waals surface area (Å²) in [5, 5.41) is 11.2. The Balaban J connectivity index is 1.73. The van der Waals surface area contributed by atoms with Gasteiger partial charge in [0.15, 0.2) is 0 Å². The van der Waals surface area contributed by atoms with E-state index in [-0.39, 0.29) is 11.8 Å². The van der Waals surface area contributed by atoms with Gasteiger partial charge in [-0.25, -0.2) is 0 Å². The van der Waals surface area contributed by atoms with E-state index >= 15 is 0 Å². The van der Waals surface area contributed by atoms with Gasteiger partial charge in [0.2, 0.25) is 0 Å². The van der Waals surface area contributed by atoms with Crippen LogP contribution in [0.3, 0.4) is 0 Å². The van der Waals surface area contributed by atoms with Gasteiger partial charge in [-0.1, -0.05) is 48.0 Å². The molecular weight excluding hydrogens is 310 g/mol. The lowest BCUT2D eigenvalue weighted by atomic mass is 9.88. The Hall–Kier alpha value is -1.84. The van der Waals surface area contributed by atoms with E-state index in [1.165, 1.54) is 0 Å². The Morgan fingerprint density at radius 2 is 1.83 bits per heavy atom. The van der Waals surface area contributed by atoms with E-state index in [0.717, 1.165) is 24.9 Å². The molecule has 0 radical (unpaired) electrons. The molecule has 1 amide bonds. The van der Waals surface area contributed by atoms with Crippen molar-refractivity contribution in [1.82, 2.24) is 4.90 Å². The Morgan fingerprint density at radius 3 is 2.57 bits per heavy atom. The van der Waals surface area contributed by atoms with Gasteiger partial charge in [-0.15, -0.1) is 0 Å². The molecular formula is C19H20ClNO2. The molecule has 3 rings (SSSR count). The number of carbonyl (C=O) groups is 1. The maximum Gasteiger partial charge on any atom is 0.253 e. The van der Waals surface area contributed by atoms with Crippen molar-refractivity contribution in [2.75, 3.05) is 13.1 Å². The number of halogens is 1. The number of piperidine rings is 1. The molecule has 2 aromatic carbocycles. The van der Waals surface area contributed by atoms with E-state index in [2.05, 4.69) is 0 Å². The lowest BCUT2D eigenvalue weighted by Crippen LogP contribution is -2.41. The largest absolute Gasteiger partial charge is 0.388 e. The van der Waals surface area contributed by atoms with Gasteiger partial charge in [-0.2, -0.15) is 0 Å². The molecule has 0 aliphatic carbocycles. The molecule has 2 atom stereocenters. The summed E-state index contributed by atoms with van der Waals surface area (Å²) >= 11 is 6.19. The Morgan fingerprint density at radius 1 is 1.13 bits per heavy atom. The minimum Gasteiger partial charge on any atom is -0.388 e. The van der Waals surface area contributed by atoms with E-state index in [1.807, 2.05) is 53.4 Å². The third kappa shape index (κ3) is 3.57. The van der Waals surface area contributed by atoms with Crippen molar-refractivity contribution in [3.8, 4) is 0 Å². The summed E-state index contributed by atoms with van der Waals surface area (Å²) in [6.07, 6.45) is 1.14. The zero-order valence-electron chi connectivity index (χ0n) is 12.9. The highest BCUT2D eigenvalue weighted by molar-refractivity contribution is 6.31. The predicted molar refractivity (Wildman–Crippen MR) is 91.5 cm³/mol. The maximum absolute atomic E-state index is 12.6. The van der Waals surface area contributed by atoms with E-state index in [9.17, 15) is 9.90 Å². The number of hydrogen-bond acceptors (Lipinski definition) is 2. The molecule has 1 N–H and O–H groups in total. The van der Waals surface area contributed by atoms with Crippen molar-refractivity contribution < 1.29 is 9.90 Å². The van der Waals surface area contributed by atoms with Gasteiger partial charge in [0.05, 0.1) is 6.10 Å². The molecule has 1 aliphatic rings. The van der Waals surface area contributed by atoms with Crippen LogP contribution in [0.25, 0.3) is 0 Å². The van der Waals surface area contributed by atoms with Crippen LogP contribution in [0.4, 0.5) is 0 Å². The number of amides is 1. The second kappa shape index (κ2) is 7.16. The molecule has 23 heavy (non-hydrogen) atoms. The first-order valence-electron chi connectivity index (χ1n) is 7.93. The number of aliphatic hydroxyl groups excluding tert-OH is 1. The number of carbonyl (C=O) groups excluding carboxylic acids is 1. The molecule has 2 aromatic rings. The fourth-order valence-corrected chi connectivity index (χ4v) is 3.43. The molecule has 0 spiro atoms. The molecule has 0 bridgehead atoms. The molecule has 0 aromatic heterocycles. The first-order valence-corrected chi connectivity index (χ1v) is 8.31. The van der Waals surface area contributed by atoms with Crippen molar-refractivity contribution in [2.45, 2.75) is 18.9 Å². The van der Waals surface area contributed by atoms with Crippen LogP contribution in [0.1, 0.15) is 34.9 Å². The number of aliphatic hydroxyl groups is 1. The lowest BCUT2D eigenvalue weighted by molar-refractivity contribution is 0.0401. The van der Waals surface area contributed by atoms with Crippen LogP contribution in [0.2, 0.25) is 5.02 Å². The Bertz CT molecular complexity index is 674. The molecule has 1 fully saturated rings. The second-order valence-corrected chi connectivity index (χ2v) is 6.39. The zero-order valence-corrected chi connectivity index (χ0v) is 13.6. The van der Waals surface area contributed by atoms with Crippen LogP contribution in [0.5, 0.6) is 0 Å². The predicted octanol–water partition coefficient (Wildman–Crippen LogP) is 3.93. The van der Waals surface area contributed by atoms with Gasteiger partial charge < -0.3 is 10.0 Å². The van der Waals surface area contributed by atoms with Gasteiger partial charge in [0.1, 0.15) is 0 Å².